The molecule has 0 spiro atoms. The van der Waals surface area contributed by atoms with Gasteiger partial charge in [0, 0.05) is 11.6 Å². The van der Waals surface area contributed by atoms with Gasteiger partial charge < -0.3 is 4.74 Å². The molecule has 0 fully saturated rings. The maximum Gasteiger partial charge on any atom is 0.426 e. The lowest BCUT2D eigenvalue weighted by Gasteiger charge is -2.14. The molecule has 0 amide bonds. The Kier molecular flexibility index (Phi) is 4.26. The summed E-state index contributed by atoms with van der Waals surface area (Å²) < 4.78 is 66.1. The fourth-order valence-corrected chi connectivity index (χ4v) is 1.42. The minimum atomic E-state index is -5.29. The van der Waals surface area contributed by atoms with Crippen molar-refractivity contribution in [1.82, 2.24) is 0 Å². The second-order valence-electron chi connectivity index (χ2n) is 3.56. The third kappa shape index (κ3) is 3.39. The average molecular weight is 299 g/mol. The number of halogens is 5. The maximum absolute atomic E-state index is 12.7. The number of alkyl halides is 5. The van der Waals surface area contributed by atoms with E-state index in [9.17, 15) is 36.9 Å². The Morgan fingerprint density at radius 1 is 1.35 bits per heavy atom. The van der Waals surface area contributed by atoms with E-state index < -0.39 is 46.1 Å². The highest BCUT2D eigenvalue weighted by Gasteiger charge is 2.43. The van der Waals surface area contributed by atoms with Gasteiger partial charge in [-0.3, -0.25) is 14.9 Å². The number of carbonyl (C=O) groups is 1. The van der Waals surface area contributed by atoms with Crippen molar-refractivity contribution < 1.29 is 36.4 Å². The van der Waals surface area contributed by atoms with Crippen molar-refractivity contribution in [3.05, 3.63) is 33.4 Å². The van der Waals surface area contributed by atoms with Crippen molar-refractivity contribution in [2.45, 2.75) is 19.7 Å². The molecule has 0 atom stereocenters. The predicted octanol–water partition coefficient (Wildman–Crippen LogP) is 3.42. The highest BCUT2D eigenvalue weighted by Crippen LogP contribution is 2.43. The Hall–Kier alpha value is -2.26. The number of nitro benzene ring substituents is 1. The zero-order chi connectivity index (χ0) is 15.7. The van der Waals surface area contributed by atoms with Crippen molar-refractivity contribution in [2.75, 3.05) is 0 Å². The number of rotatable bonds is 4. The fraction of sp³-hybridized carbons (Fsp3) is 0.300. The molecule has 1 aromatic carbocycles. The first-order valence-electron chi connectivity index (χ1n) is 4.89. The van der Waals surface area contributed by atoms with Crippen LogP contribution < -0.4 is 4.74 Å². The Bertz CT molecular complexity index is 555. The van der Waals surface area contributed by atoms with E-state index in [-0.39, 0.29) is 0 Å². The first-order valence-corrected chi connectivity index (χ1v) is 4.89. The number of hydrogen-bond donors (Lipinski definition) is 0. The molecule has 1 rings (SSSR count). The normalized spacial score (nSPS) is 11.6. The molecule has 110 valence electrons. The van der Waals surface area contributed by atoms with Gasteiger partial charge in [0.25, 0.3) is 5.69 Å². The number of ether oxygens (including phenoxy) is 1. The number of hydrogen-bond acceptors (Lipinski definition) is 4. The number of benzene rings is 1. The van der Waals surface area contributed by atoms with Crippen LogP contribution in [0.5, 0.6) is 5.75 Å². The van der Waals surface area contributed by atoms with Crippen molar-refractivity contribution in [1.29, 1.82) is 0 Å². The third-order valence-corrected chi connectivity index (χ3v) is 2.18. The van der Waals surface area contributed by atoms with Crippen LogP contribution in [0.3, 0.4) is 0 Å². The topological polar surface area (TPSA) is 69.4 Å². The van der Waals surface area contributed by atoms with E-state index in [2.05, 4.69) is 4.74 Å². The van der Waals surface area contributed by atoms with Crippen molar-refractivity contribution >= 4 is 11.5 Å². The van der Waals surface area contributed by atoms with E-state index in [1.165, 1.54) is 0 Å². The second kappa shape index (κ2) is 5.39. The van der Waals surface area contributed by atoms with Crippen LogP contribution in [0.4, 0.5) is 27.6 Å². The summed E-state index contributed by atoms with van der Waals surface area (Å²) in [6.45, 7) is -2.71. The lowest BCUT2D eigenvalue weighted by atomic mass is 10.0. The van der Waals surface area contributed by atoms with Crippen LogP contribution in [-0.4, -0.2) is 17.3 Å². The molecule has 1 aromatic rings. The molecule has 0 aliphatic carbocycles. The molecular formula is C10H6F5NO4. The summed E-state index contributed by atoms with van der Waals surface area (Å²) in [5.74, 6) is -2.30. The first kappa shape index (κ1) is 15.8. The zero-order valence-electron chi connectivity index (χ0n) is 9.70. The number of Topliss-reactive ketones (excluding diaryl/α,β-unsaturated/α-hetero) is 1. The standard InChI is InChI=1S/C10H6F5NO4/c1-4(17)5-2-6(16(18)19)8(10(13,14)15)7(3-5)20-9(11)12/h2-3,9H,1H3. The van der Waals surface area contributed by atoms with Gasteiger partial charge in [0.05, 0.1) is 4.92 Å². The molecule has 0 aliphatic heterocycles. The smallest absolute Gasteiger partial charge is 0.426 e. The van der Waals surface area contributed by atoms with Crippen molar-refractivity contribution in [3.63, 3.8) is 0 Å². The molecule has 0 radical (unpaired) electrons. The molecular weight excluding hydrogens is 293 g/mol. The third-order valence-electron chi connectivity index (χ3n) is 2.18. The largest absolute Gasteiger partial charge is 0.434 e. The molecule has 0 aliphatic rings. The van der Waals surface area contributed by atoms with Crippen molar-refractivity contribution in [3.8, 4) is 5.75 Å². The van der Waals surface area contributed by atoms with Gasteiger partial charge in [-0.1, -0.05) is 0 Å². The van der Waals surface area contributed by atoms with Gasteiger partial charge in [0.1, 0.15) is 5.75 Å². The zero-order valence-corrected chi connectivity index (χ0v) is 9.70. The minimum absolute atomic E-state index is 0.365. The SMILES string of the molecule is CC(=O)c1cc(OC(F)F)c(C(F)(F)F)c([N+](=O)[O-])c1. The maximum atomic E-state index is 12.7. The van der Waals surface area contributed by atoms with Crippen LogP contribution in [0.1, 0.15) is 22.8 Å². The van der Waals surface area contributed by atoms with Gasteiger partial charge in [-0.25, -0.2) is 0 Å². The summed E-state index contributed by atoms with van der Waals surface area (Å²) in [5, 5.41) is 10.6. The second-order valence-corrected chi connectivity index (χ2v) is 3.56. The molecule has 0 heterocycles. The number of ketones is 1. The molecule has 0 saturated heterocycles. The molecule has 0 aromatic heterocycles. The Morgan fingerprint density at radius 3 is 2.25 bits per heavy atom. The summed E-state index contributed by atoms with van der Waals surface area (Å²) in [6, 6.07) is 0.758. The van der Waals surface area contributed by atoms with E-state index >= 15 is 0 Å². The van der Waals surface area contributed by atoms with Crippen LogP contribution in [0, 0.1) is 10.1 Å². The van der Waals surface area contributed by atoms with Gasteiger partial charge in [0.15, 0.2) is 11.3 Å². The Morgan fingerprint density at radius 2 is 1.90 bits per heavy atom. The van der Waals surface area contributed by atoms with Gasteiger partial charge in [-0.05, 0) is 13.0 Å². The predicted molar refractivity (Wildman–Crippen MR) is 54.7 cm³/mol. The fourth-order valence-electron chi connectivity index (χ4n) is 1.42. The number of carbonyl (C=O) groups excluding carboxylic acids is 1. The first-order chi connectivity index (χ1) is 9.04. The van der Waals surface area contributed by atoms with E-state index in [1.54, 1.807) is 0 Å². The molecule has 10 heteroatoms. The Labute approximate surface area is 108 Å². The molecule has 0 saturated carbocycles. The molecule has 0 bridgehead atoms. The summed E-state index contributed by atoms with van der Waals surface area (Å²) in [7, 11) is 0. The van der Waals surface area contributed by atoms with E-state index in [1.807, 2.05) is 0 Å². The lowest BCUT2D eigenvalue weighted by Crippen LogP contribution is -2.15. The molecule has 0 unspecified atom stereocenters. The van der Waals surface area contributed by atoms with Gasteiger partial charge in [0.2, 0.25) is 0 Å². The minimum Gasteiger partial charge on any atom is -0.434 e. The van der Waals surface area contributed by atoms with Gasteiger partial charge in [-0.2, -0.15) is 22.0 Å². The van der Waals surface area contributed by atoms with E-state index in [0.717, 1.165) is 6.92 Å². The Balaban J connectivity index is 3.67. The van der Waals surface area contributed by atoms with Crippen LogP contribution in [0.2, 0.25) is 0 Å². The summed E-state index contributed by atoms with van der Waals surface area (Å²) in [4.78, 5) is 20.3. The highest BCUT2D eigenvalue weighted by molar-refractivity contribution is 5.95. The molecule has 20 heavy (non-hydrogen) atoms. The van der Waals surface area contributed by atoms with E-state index in [0.29, 0.717) is 12.1 Å². The summed E-state index contributed by atoms with van der Waals surface area (Å²) in [5.41, 5.74) is -4.03. The van der Waals surface area contributed by atoms with Crippen molar-refractivity contribution in [2.24, 2.45) is 0 Å². The van der Waals surface area contributed by atoms with Crippen LogP contribution in [0.15, 0.2) is 12.1 Å². The van der Waals surface area contributed by atoms with E-state index in [4.69, 9.17) is 0 Å². The summed E-state index contributed by atoms with van der Waals surface area (Å²) >= 11 is 0. The van der Waals surface area contributed by atoms with Gasteiger partial charge in [-0.15, -0.1) is 0 Å². The monoisotopic (exact) mass is 299 g/mol. The van der Waals surface area contributed by atoms with Gasteiger partial charge >= 0.3 is 12.8 Å². The quantitative estimate of drug-likeness (QED) is 0.370. The lowest BCUT2D eigenvalue weighted by molar-refractivity contribution is -0.388. The number of nitrogens with zero attached hydrogens (tertiary/aromatic N) is 1. The van der Waals surface area contributed by atoms with Crippen LogP contribution in [-0.2, 0) is 6.18 Å². The summed E-state index contributed by atoms with van der Waals surface area (Å²) in [6.07, 6.45) is -5.29. The average Bonchev–Trinajstić information content (AvgIpc) is 2.25. The van der Waals surface area contributed by atoms with Crippen LogP contribution >= 0.6 is 0 Å². The molecule has 0 N–H and O–H groups in total. The number of nitro groups is 1. The van der Waals surface area contributed by atoms with Crippen LogP contribution in [0.25, 0.3) is 0 Å². The molecule has 5 nitrogen and oxygen atoms in total. The highest BCUT2D eigenvalue weighted by atomic mass is 19.4.